The minimum absolute atomic E-state index is 0.0151. The van der Waals surface area contributed by atoms with Gasteiger partial charge in [-0.1, -0.05) is 95.5 Å². The van der Waals surface area contributed by atoms with E-state index in [9.17, 15) is 9.90 Å². The van der Waals surface area contributed by atoms with Crippen LogP contribution in [0, 0.1) is 0 Å². The Kier molecular flexibility index (Phi) is 12.0. The lowest BCUT2D eigenvalue weighted by atomic mass is 9.79. The number of unbranched alkanes of at least 4 members (excludes halogenated alkanes) is 8. The van der Waals surface area contributed by atoms with Crippen molar-refractivity contribution in [1.82, 2.24) is 0 Å². The quantitative estimate of drug-likeness (QED) is 0.317. The zero-order valence-electron chi connectivity index (χ0n) is 16.8. The van der Waals surface area contributed by atoms with E-state index in [-0.39, 0.29) is 19.2 Å². The van der Waals surface area contributed by atoms with Crippen molar-refractivity contribution < 1.29 is 14.6 Å². The predicted molar refractivity (Wildman–Crippen MR) is 108 cm³/mol. The van der Waals surface area contributed by atoms with Gasteiger partial charge in [-0.3, -0.25) is 4.79 Å². The first-order valence-electron chi connectivity index (χ1n) is 10.5. The molecule has 0 radical (unpaired) electrons. The second kappa shape index (κ2) is 13.8. The number of benzene rings is 1. The average molecular weight is 363 g/mol. The summed E-state index contributed by atoms with van der Waals surface area (Å²) in [5.41, 5.74) is 0.538. The SMILES string of the molecule is CCCCCCCCCCCC(=O)OC[C@](CC)(CO)c1ccccc1. The molecule has 0 saturated heterocycles. The summed E-state index contributed by atoms with van der Waals surface area (Å²) in [6, 6.07) is 9.86. The van der Waals surface area contributed by atoms with Crippen molar-refractivity contribution in [2.24, 2.45) is 0 Å². The molecule has 3 nitrogen and oxygen atoms in total. The van der Waals surface area contributed by atoms with Crippen LogP contribution in [0.3, 0.4) is 0 Å². The van der Waals surface area contributed by atoms with Crippen LogP contribution >= 0.6 is 0 Å². The Bertz CT molecular complexity index is 466. The van der Waals surface area contributed by atoms with Crippen LogP contribution in [-0.4, -0.2) is 24.3 Å². The van der Waals surface area contributed by atoms with E-state index < -0.39 is 5.41 Å². The molecule has 0 amide bonds. The summed E-state index contributed by atoms with van der Waals surface area (Å²) >= 11 is 0. The normalized spacial score (nSPS) is 13.3. The summed E-state index contributed by atoms with van der Waals surface area (Å²) in [5.74, 6) is -0.143. The number of hydrogen-bond acceptors (Lipinski definition) is 3. The second-order valence-electron chi connectivity index (χ2n) is 7.40. The lowest BCUT2D eigenvalue weighted by molar-refractivity contribution is -0.146. The smallest absolute Gasteiger partial charge is 0.305 e. The standard InChI is InChI=1S/C23H38O3/c1-3-5-6-7-8-9-10-11-15-18-22(25)26-20-23(4-2,19-24)21-16-13-12-14-17-21/h12-14,16-17,24H,3-11,15,18-20H2,1-2H3/t23-/m0/s1. The largest absolute Gasteiger partial charge is 0.465 e. The highest BCUT2D eigenvalue weighted by atomic mass is 16.5. The van der Waals surface area contributed by atoms with Gasteiger partial charge in [0, 0.05) is 6.42 Å². The van der Waals surface area contributed by atoms with E-state index in [1.54, 1.807) is 0 Å². The molecule has 0 aliphatic rings. The molecule has 1 atom stereocenters. The molecule has 1 rings (SSSR count). The summed E-state index contributed by atoms with van der Waals surface area (Å²) in [5, 5.41) is 9.90. The summed E-state index contributed by atoms with van der Waals surface area (Å²) < 4.78 is 5.52. The molecular formula is C23H38O3. The Labute approximate surface area is 160 Å². The number of carbonyl (C=O) groups is 1. The van der Waals surface area contributed by atoms with Gasteiger partial charge in [0.15, 0.2) is 0 Å². The molecule has 1 aromatic rings. The molecule has 0 aliphatic carbocycles. The average Bonchev–Trinajstić information content (AvgIpc) is 2.69. The Morgan fingerprint density at radius 2 is 1.50 bits per heavy atom. The third kappa shape index (κ3) is 8.35. The number of carbonyl (C=O) groups excluding carboxylic acids is 1. The Morgan fingerprint density at radius 3 is 2.04 bits per heavy atom. The fraction of sp³-hybridized carbons (Fsp3) is 0.696. The second-order valence-corrected chi connectivity index (χ2v) is 7.40. The molecule has 0 unspecified atom stereocenters. The van der Waals surface area contributed by atoms with Gasteiger partial charge in [0.2, 0.25) is 0 Å². The molecule has 0 bridgehead atoms. The van der Waals surface area contributed by atoms with Gasteiger partial charge < -0.3 is 9.84 Å². The van der Waals surface area contributed by atoms with Crippen LogP contribution in [0.2, 0.25) is 0 Å². The van der Waals surface area contributed by atoms with Crippen LogP contribution < -0.4 is 0 Å². The molecule has 1 aromatic carbocycles. The van der Waals surface area contributed by atoms with E-state index in [1.165, 1.54) is 44.9 Å². The highest BCUT2D eigenvalue weighted by Gasteiger charge is 2.31. The number of aliphatic hydroxyl groups is 1. The lowest BCUT2D eigenvalue weighted by Crippen LogP contribution is -2.36. The van der Waals surface area contributed by atoms with Crippen molar-refractivity contribution in [2.75, 3.05) is 13.2 Å². The van der Waals surface area contributed by atoms with Crippen molar-refractivity contribution in [3.8, 4) is 0 Å². The van der Waals surface area contributed by atoms with Crippen molar-refractivity contribution in [3.05, 3.63) is 35.9 Å². The molecule has 0 spiro atoms. The Balaban J connectivity index is 2.22. The maximum Gasteiger partial charge on any atom is 0.305 e. The third-order valence-electron chi connectivity index (χ3n) is 5.36. The number of ether oxygens (including phenoxy) is 1. The van der Waals surface area contributed by atoms with Crippen LogP contribution in [0.15, 0.2) is 30.3 Å². The molecule has 148 valence electrons. The highest BCUT2D eigenvalue weighted by molar-refractivity contribution is 5.69. The maximum absolute atomic E-state index is 12.1. The zero-order valence-corrected chi connectivity index (χ0v) is 16.8. The van der Waals surface area contributed by atoms with E-state index in [0.29, 0.717) is 6.42 Å². The van der Waals surface area contributed by atoms with Gasteiger partial charge in [0.1, 0.15) is 6.61 Å². The van der Waals surface area contributed by atoms with Crippen molar-refractivity contribution in [1.29, 1.82) is 0 Å². The summed E-state index contributed by atoms with van der Waals surface area (Å²) in [4.78, 5) is 12.1. The van der Waals surface area contributed by atoms with Gasteiger partial charge in [-0.05, 0) is 18.4 Å². The van der Waals surface area contributed by atoms with Crippen molar-refractivity contribution >= 4 is 5.97 Å². The first-order valence-corrected chi connectivity index (χ1v) is 10.5. The number of esters is 1. The molecule has 0 heterocycles. The van der Waals surface area contributed by atoms with E-state index in [2.05, 4.69) is 6.92 Å². The van der Waals surface area contributed by atoms with Crippen molar-refractivity contribution in [2.45, 2.75) is 89.9 Å². The van der Waals surface area contributed by atoms with Gasteiger partial charge in [-0.2, -0.15) is 0 Å². The minimum atomic E-state index is -0.491. The molecule has 0 fully saturated rings. The summed E-state index contributed by atoms with van der Waals surface area (Å²) in [6.45, 7) is 4.50. The van der Waals surface area contributed by atoms with Crippen LogP contribution in [0.25, 0.3) is 0 Å². The monoisotopic (exact) mass is 362 g/mol. The molecule has 1 N–H and O–H groups in total. The fourth-order valence-corrected chi connectivity index (χ4v) is 3.30. The molecule has 0 saturated carbocycles. The summed E-state index contributed by atoms with van der Waals surface area (Å²) in [7, 11) is 0. The van der Waals surface area contributed by atoms with E-state index in [4.69, 9.17) is 4.74 Å². The minimum Gasteiger partial charge on any atom is -0.465 e. The van der Waals surface area contributed by atoms with Crippen LogP contribution in [-0.2, 0) is 14.9 Å². The van der Waals surface area contributed by atoms with Crippen molar-refractivity contribution in [3.63, 3.8) is 0 Å². The molecule has 3 heteroatoms. The van der Waals surface area contributed by atoms with Crippen LogP contribution in [0.4, 0.5) is 0 Å². The first kappa shape index (κ1) is 22.7. The topological polar surface area (TPSA) is 46.5 Å². The van der Waals surface area contributed by atoms with Gasteiger partial charge in [-0.15, -0.1) is 0 Å². The third-order valence-corrected chi connectivity index (χ3v) is 5.36. The Morgan fingerprint density at radius 1 is 0.923 bits per heavy atom. The van der Waals surface area contributed by atoms with Crippen LogP contribution in [0.5, 0.6) is 0 Å². The highest BCUT2D eigenvalue weighted by Crippen LogP contribution is 2.28. The number of rotatable bonds is 15. The zero-order chi connectivity index (χ0) is 19.1. The number of aliphatic hydroxyl groups excluding tert-OH is 1. The number of hydrogen-bond donors (Lipinski definition) is 1. The molecule has 0 aliphatic heterocycles. The lowest BCUT2D eigenvalue weighted by Gasteiger charge is -2.30. The Hall–Kier alpha value is -1.35. The van der Waals surface area contributed by atoms with Gasteiger partial charge in [0.25, 0.3) is 0 Å². The van der Waals surface area contributed by atoms with E-state index in [1.807, 2.05) is 37.3 Å². The van der Waals surface area contributed by atoms with Crippen LogP contribution in [0.1, 0.15) is 90.0 Å². The van der Waals surface area contributed by atoms with Gasteiger partial charge in [0.05, 0.1) is 12.0 Å². The summed E-state index contributed by atoms with van der Waals surface area (Å²) in [6.07, 6.45) is 12.4. The van der Waals surface area contributed by atoms with E-state index >= 15 is 0 Å². The van der Waals surface area contributed by atoms with E-state index in [0.717, 1.165) is 24.8 Å². The molecular weight excluding hydrogens is 324 g/mol. The maximum atomic E-state index is 12.1. The molecule has 26 heavy (non-hydrogen) atoms. The molecule has 0 aromatic heterocycles. The van der Waals surface area contributed by atoms with Gasteiger partial charge >= 0.3 is 5.97 Å². The first-order chi connectivity index (χ1) is 12.7. The fourth-order valence-electron chi connectivity index (χ4n) is 3.30. The predicted octanol–water partition coefficient (Wildman–Crippen LogP) is 5.79. The van der Waals surface area contributed by atoms with Gasteiger partial charge in [-0.25, -0.2) is 0 Å².